The highest BCUT2D eigenvalue weighted by Gasteiger charge is 2.36. The van der Waals surface area contributed by atoms with Gasteiger partial charge in [-0.05, 0) is 87.5 Å². The van der Waals surface area contributed by atoms with E-state index in [2.05, 4.69) is 37.2 Å². The van der Waals surface area contributed by atoms with Crippen LogP contribution in [0.15, 0.2) is 56.5 Å². The first-order valence-corrected chi connectivity index (χ1v) is 13.8. The van der Waals surface area contributed by atoms with E-state index in [-0.39, 0.29) is 22.8 Å². The molecule has 2 aromatic carbocycles. The predicted octanol–water partition coefficient (Wildman–Crippen LogP) is 5.61. The number of benzene rings is 2. The SMILES string of the molecule is C=N/C(=C1/C=NC(c2cc(C)cc3ccc(F)c(CC)c23)=C(F)C1=NCCC)N1CCCC(CNC)(NC)C1. The van der Waals surface area contributed by atoms with Crippen LogP contribution in [0.1, 0.15) is 49.8 Å². The largest absolute Gasteiger partial charge is 0.354 e. The molecule has 0 saturated carbocycles. The topological polar surface area (TPSA) is 64.4 Å². The third-order valence-corrected chi connectivity index (χ3v) is 7.72. The highest BCUT2D eigenvalue weighted by molar-refractivity contribution is 6.29. The number of piperidine rings is 1. The van der Waals surface area contributed by atoms with Crippen molar-refractivity contribution >= 4 is 35.1 Å². The fraction of sp³-hybridized carbons (Fsp3) is 0.452. The molecule has 0 aliphatic carbocycles. The minimum absolute atomic E-state index is 0.142. The van der Waals surface area contributed by atoms with Crippen molar-refractivity contribution in [3.63, 3.8) is 0 Å². The van der Waals surface area contributed by atoms with Crippen molar-refractivity contribution in [3.05, 3.63) is 64.0 Å². The molecular weight excluding hydrogens is 494 g/mol. The smallest absolute Gasteiger partial charge is 0.175 e. The number of aryl methyl sites for hydroxylation is 2. The van der Waals surface area contributed by atoms with Gasteiger partial charge < -0.3 is 15.5 Å². The Hall–Kier alpha value is -3.23. The first-order valence-electron chi connectivity index (χ1n) is 13.8. The van der Waals surface area contributed by atoms with E-state index in [1.807, 2.05) is 47.0 Å². The number of fused-ring (bicyclic) bond motifs is 1. The molecule has 2 aromatic rings. The van der Waals surface area contributed by atoms with E-state index < -0.39 is 5.83 Å². The summed E-state index contributed by atoms with van der Waals surface area (Å²) in [5, 5.41) is 8.33. The Balaban J connectivity index is 1.89. The summed E-state index contributed by atoms with van der Waals surface area (Å²) >= 11 is 0. The standard InChI is InChI=1S/C31H40F2N6/c1-7-13-37-29-24(30(35-5)39-14-9-12-31(19-39,36-6)18-34-4)17-38-28(27(29)33)23-16-20(3)15-21-10-11-25(32)22(8-2)26(21)23/h10-11,15-17,34,36H,5,7-9,12-14,18-19H2,1-4,6H3/b30-24+,37-29?. The van der Waals surface area contributed by atoms with Crippen molar-refractivity contribution in [3.8, 4) is 0 Å². The summed E-state index contributed by atoms with van der Waals surface area (Å²) in [6, 6.07) is 7.11. The molecule has 0 aromatic heterocycles. The molecule has 2 aliphatic heterocycles. The molecule has 2 N–H and O–H groups in total. The van der Waals surface area contributed by atoms with Crippen LogP contribution in [0, 0.1) is 12.7 Å². The van der Waals surface area contributed by atoms with Gasteiger partial charge in [-0.15, -0.1) is 0 Å². The Bertz CT molecular complexity index is 1370. The van der Waals surface area contributed by atoms with Crippen LogP contribution in [0.5, 0.6) is 0 Å². The van der Waals surface area contributed by atoms with E-state index in [0.717, 1.165) is 43.3 Å². The zero-order valence-electron chi connectivity index (χ0n) is 23.8. The lowest BCUT2D eigenvalue weighted by Crippen LogP contribution is -2.60. The van der Waals surface area contributed by atoms with Gasteiger partial charge in [0.05, 0.1) is 5.57 Å². The van der Waals surface area contributed by atoms with Gasteiger partial charge in [-0.3, -0.25) is 9.98 Å². The van der Waals surface area contributed by atoms with Crippen molar-refractivity contribution in [2.75, 3.05) is 40.3 Å². The van der Waals surface area contributed by atoms with Crippen LogP contribution in [0.2, 0.25) is 0 Å². The number of likely N-dealkylation sites (N-methyl/N-ethyl adjacent to an activating group) is 2. The first kappa shape index (κ1) is 28.8. The van der Waals surface area contributed by atoms with Crippen molar-refractivity contribution in [2.45, 2.75) is 52.0 Å². The van der Waals surface area contributed by atoms with Crippen molar-refractivity contribution in [1.82, 2.24) is 15.5 Å². The minimum Gasteiger partial charge on any atom is -0.354 e. The number of nitrogens with one attached hydrogen (secondary N) is 2. The lowest BCUT2D eigenvalue weighted by Gasteiger charge is -2.44. The maximum Gasteiger partial charge on any atom is 0.175 e. The molecule has 0 radical (unpaired) electrons. The number of aliphatic imine (C=N–C) groups is 3. The number of rotatable bonds is 9. The number of hydrogen-bond donors (Lipinski definition) is 2. The third-order valence-electron chi connectivity index (χ3n) is 7.72. The third kappa shape index (κ3) is 5.58. The summed E-state index contributed by atoms with van der Waals surface area (Å²) < 4.78 is 31.4. The molecule has 1 fully saturated rings. The molecule has 1 atom stereocenters. The first-order chi connectivity index (χ1) is 18.8. The monoisotopic (exact) mass is 534 g/mol. The lowest BCUT2D eigenvalue weighted by molar-refractivity contribution is 0.155. The summed E-state index contributed by atoms with van der Waals surface area (Å²) in [7, 11) is 3.92. The van der Waals surface area contributed by atoms with Gasteiger partial charge in [0.25, 0.3) is 0 Å². The molecule has 2 aliphatic rings. The van der Waals surface area contributed by atoms with Crippen LogP contribution < -0.4 is 10.6 Å². The van der Waals surface area contributed by atoms with E-state index in [1.54, 1.807) is 12.3 Å². The van der Waals surface area contributed by atoms with Gasteiger partial charge in [0, 0.05) is 43.5 Å². The summed E-state index contributed by atoms with van der Waals surface area (Å²) in [5.41, 5.74) is 2.86. The molecule has 1 saturated heterocycles. The fourth-order valence-electron chi connectivity index (χ4n) is 5.85. The molecule has 39 heavy (non-hydrogen) atoms. The molecule has 1 unspecified atom stereocenters. The predicted molar refractivity (Wildman–Crippen MR) is 160 cm³/mol. The van der Waals surface area contributed by atoms with Gasteiger partial charge in [0.15, 0.2) is 5.83 Å². The van der Waals surface area contributed by atoms with Gasteiger partial charge in [0.2, 0.25) is 0 Å². The van der Waals surface area contributed by atoms with Gasteiger partial charge in [-0.25, -0.2) is 13.8 Å². The Kier molecular flexibility index (Phi) is 9.08. The number of hydrogen-bond acceptors (Lipinski definition) is 6. The summed E-state index contributed by atoms with van der Waals surface area (Å²) in [6.07, 6.45) is 4.88. The van der Waals surface area contributed by atoms with Crippen LogP contribution in [-0.4, -0.2) is 69.4 Å². The number of allylic oxidation sites excluding steroid dienone is 2. The summed E-state index contributed by atoms with van der Waals surface area (Å²) in [5.74, 6) is -0.241. The zero-order valence-corrected chi connectivity index (χ0v) is 23.8. The molecule has 0 spiro atoms. The van der Waals surface area contributed by atoms with Crippen LogP contribution in [0.3, 0.4) is 0 Å². The minimum atomic E-state index is -0.521. The maximum atomic E-state index is 16.6. The number of likely N-dealkylation sites (tertiary alicyclic amines) is 1. The highest BCUT2D eigenvalue weighted by Crippen LogP contribution is 2.37. The molecule has 2 heterocycles. The molecule has 8 heteroatoms. The Labute approximate surface area is 230 Å². The average Bonchev–Trinajstić information content (AvgIpc) is 2.93. The number of halogens is 2. The Morgan fingerprint density at radius 1 is 1.21 bits per heavy atom. The fourth-order valence-corrected chi connectivity index (χ4v) is 5.85. The summed E-state index contributed by atoms with van der Waals surface area (Å²) in [6.45, 7) is 12.4. The van der Waals surface area contributed by atoms with Crippen LogP contribution in [-0.2, 0) is 6.42 Å². The lowest BCUT2D eigenvalue weighted by atomic mass is 9.88. The molecule has 0 bridgehead atoms. The van der Waals surface area contributed by atoms with Crippen LogP contribution >= 0.6 is 0 Å². The molecule has 0 amide bonds. The Morgan fingerprint density at radius 3 is 2.67 bits per heavy atom. The van der Waals surface area contributed by atoms with E-state index in [0.29, 0.717) is 47.4 Å². The van der Waals surface area contributed by atoms with E-state index in [1.165, 1.54) is 6.07 Å². The number of nitrogens with zero attached hydrogens (tertiary/aromatic N) is 4. The van der Waals surface area contributed by atoms with E-state index >= 15 is 4.39 Å². The normalized spacial score (nSPS) is 22.2. The van der Waals surface area contributed by atoms with E-state index in [4.69, 9.17) is 0 Å². The molecule has 6 nitrogen and oxygen atoms in total. The second-order valence-electron chi connectivity index (χ2n) is 10.4. The van der Waals surface area contributed by atoms with Crippen molar-refractivity contribution in [1.29, 1.82) is 0 Å². The molecular formula is C31H40F2N6. The van der Waals surface area contributed by atoms with Crippen LogP contribution in [0.25, 0.3) is 16.5 Å². The summed E-state index contributed by atoms with van der Waals surface area (Å²) in [4.78, 5) is 15.9. The van der Waals surface area contributed by atoms with E-state index in [9.17, 15) is 4.39 Å². The van der Waals surface area contributed by atoms with Gasteiger partial charge in [-0.2, -0.15) is 0 Å². The average molecular weight is 535 g/mol. The second-order valence-corrected chi connectivity index (χ2v) is 10.4. The highest BCUT2D eigenvalue weighted by atomic mass is 19.1. The van der Waals surface area contributed by atoms with Gasteiger partial charge >= 0.3 is 0 Å². The van der Waals surface area contributed by atoms with Gasteiger partial charge in [0.1, 0.15) is 23.0 Å². The molecule has 208 valence electrons. The van der Waals surface area contributed by atoms with Crippen molar-refractivity contribution < 1.29 is 8.78 Å². The quantitative estimate of drug-likeness (QED) is 0.411. The Morgan fingerprint density at radius 2 is 2.00 bits per heavy atom. The second kappa shape index (κ2) is 12.3. The van der Waals surface area contributed by atoms with Crippen LogP contribution in [0.4, 0.5) is 8.78 Å². The van der Waals surface area contributed by atoms with Gasteiger partial charge in [-0.1, -0.05) is 26.0 Å². The van der Waals surface area contributed by atoms with Crippen molar-refractivity contribution in [2.24, 2.45) is 15.0 Å². The molecule has 4 rings (SSSR count). The zero-order chi connectivity index (χ0) is 28.2. The maximum absolute atomic E-state index is 16.6.